The molecular weight excluding hydrogens is 308 g/mol. The molecule has 6 nitrogen and oxygen atoms in total. The zero-order valence-electron chi connectivity index (χ0n) is 13.9. The zero-order valence-corrected chi connectivity index (χ0v) is 13.9. The fraction of sp³-hybridized carbons (Fsp3) is 0.333. The van der Waals surface area contributed by atoms with E-state index in [1.54, 1.807) is 16.8 Å². The van der Waals surface area contributed by atoms with Gasteiger partial charge in [0.1, 0.15) is 24.0 Å². The highest BCUT2D eigenvalue weighted by Crippen LogP contribution is 2.22. The molecule has 0 aliphatic carbocycles. The number of aliphatic hydroxyl groups excluding tert-OH is 1. The van der Waals surface area contributed by atoms with Crippen LogP contribution in [0, 0.1) is 20.8 Å². The van der Waals surface area contributed by atoms with Crippen LogP contribution in [0.2, 0.25) is 0 Å². The maximum Gasteiger partial charge on any atom is 0.336 e. The largest absolute Gasteiger partial charge is 0.491 e. The maximum absolute atomic E-state index is 11.5. The molecule has 1 N–H and O–H groups in total. The van der Waals surface area contributed by atoms with Crippen molar-refractivity contribution in [2.45, 2.75) is 33.4 Å². The van der Waals surface area contributed by atoms with Crippen LogP contribution in [0.25, 0.3) is 11.0 Å². The second-order valence-corrected chi connectivity index (χ2v) is 5.98. The third-order valence-corrected chi connectivity index (χ3v) is 3.85. The van der Waals surface area contributed by atoms with E-state index < -0.39 is 6.10 Å². The standard InChI is InChI=1S/C18H20N2O4/c1-11-6-18(22)24-17-8-15(4-5-16(11)17)23-10-14(21)9-20-13(3)7-12(2)19-20/h4-8,14,21H,9-10H2,1-3H3/t14-/m1/s1. The van der Waals surface area contributed by atoms with Gasteiger partial charge in [-0.2, -0.15) is 5.10 Å². The third-order valence-electron chi connectivity index (χ3n) is 3.85. The summed E-state index contributed by atoms with van der Waals surface area (Å²) < 4.78 is 12.6. The molecule has 0 saturated heterocycles. The molecule has 0 unspecified atom stereocenters. The van der Waals surface area contributed by atoms with Crippen LogP contribution < -0.4 is 10.4 Å². The number of aromatic nitrogens is 2. The second kappa shape index (κ2) is 6.49. The Labute approximate surface area is 139 Å². The number of nitrogens with zero attached hydrogens (tertiary/aromatic N) is 2. The van der Waals surface area contributed by atoms with Gasteiger partial charge in [-0.05, 0) is 44.5 Å². The first kappa shape index (κ1) is 16.3. The van der Waals surface area contributed by atoms with Crippen LogP contribution in [-0.4, -0.2) is 27.6 Å². The Morgan fingerprint density at radius 3 is 2.75 bits per heavy atom. The Morgan fingerprint density at radius 1 is 1.25 bits per heavy atom. The lowest BCUT2D eigenvalue weighted by Gasteiger charge is -2.14. The van der Waals surface area contributed by atoms with Gasteiger partial charge in [-0.15, -0.1) is 0 Å². The number of fused-ring (bicyclic) bond motifs is 1. The molecule has 0 amide bonds. The molecule has 126 valence electrons. The van der Waals surface area contributed by atoms with Crippen molar-refractivity contribution in [3.63, 3.8) is 0 Å². The highest BCUT2D eigenvalue weighted by Gasteiger charge is 2.10. The lowest BCUT2D eigenvalue weighted by atomic mass is 10.1. The molecular formula is C18H20N2O4. The van der Waals surface area contributed by atoms with E-state index in [2.05, 4.69) is 5.10 Å². The quantitative estimate of drug-likeness (QED) is 0.728. The van der Waals surface area contributed by atoms with E-state index in [1.807, 2.05) is 32.9 Å². The number of aryl methyl sites for hydroxylation is 3. The van der Waals surface area contributed by atoms with E-state index >= 15 is 0 Å². The summed E-state index contributed by atoms with van der Waals surface area (Å²) in [7, 11) is 0. The molecule has 0 fully saturated rings. The number of hydrogen-bond acceptors (Lipinski definition) is 5. The van der Waals surface area contributed by atoms with E-state index in [-0.39, 0.29) is 12.2 Å². The fourth-order valence-electron chi connectivity index (χ4n) is 2.70. The van der Waals surface area contributed by atoms with Gasteiger partial charge < -0.3 is 14.3 Å². The fourth-order valence-corrected chi connectivity index (χ4v) is 2.70. The predicted octanol–water partition coefficient (Wildman–Crippen LogP) is 2.35. The van der Waals surface area contributed by atoms with Gasteiger partial charge in [0, 0.05) is 23.2 Å². The van der Waals surface area contributed by atoms with E-state index in [1.165, 1.54) is 6.07 Å². The maximum atomic E-state index is 11.5. The average Bonchev–Trinajstić information content (AvgIpc) is 2.82. The summed E-state index contributed by atoms with van der Waals surface area (Å²) >= 11 is 0. The highest BCUT2D eigenvalue weighted by atomic mass is 16.5. The molecule has 0 bridgehead atoms. The summed E-state index contributed by atoms with van der Waals surface area (Å²) in [5.41, 5.74) is 2.86. The van der Waals surface area contributed by atoms with Crippen LogP contribution in [-0.2, 0) is 6.54 Å². The van der Waals surface area contributed by atoms with Crippen molar-refractivity contribution in [1.29, 1.82) is 0 Å². The van der Waals surface area contributed by atoms with E-state index in [4.69, 9.17) is 9.15 Å². The number of benzene rings is 1. The molecule has 3 rings (SSSR count). The summed E-state index contributed by atoms with van der Waals surface area (Å²) in [5, 5.41) is 15.3. The first-order valence-corrected chi connectivity index (χ1v) is 7.79. The van der Waals surface area contributed by atoms with Gasteiger partial charge in [-0.25, -0.2) is 4.79 Å². The molecule has 3 aromatic rings. The molecule has 24 heavy (non-hydrogen) atoms. The Hall–Kier alpha value is -2.60. The Morgan fingerprint density at radius 2 is 2.04 bits per heavy atom. The predicted molar refractivity (Wildman–Crippen MR) is 90.4 cm³/mol. The van der Waals surface area contributed by atoms with Crippen LogP contribution in [0.4, 0.5) is 0 Å². The van der Waals surface area contributed by atoms with E-state index in [9.17, 15) is 9.90 Å². The molecule has 1 atom stereocenters. The van der Waals surface area contributed by atoms with Crippen molar-refractivity contribution in [3.8, 4) is 5.75 Å². The summed E-state index contributed by atoms with van der Waals surface area (Å²) in [6.07, 6.45) is -0.691. The molecule has 2 heterocycles. The lowest BCUT2D eigenvalue weighted by Crippen LogP contribution is -2.24. The van der Waals surface area contributed by atoms with Gasteiger partial charge in [0.05, 0.1) is 12.2 Å². The van der Waals surface area contributed by atoms with E-state index in [0.717, 1.165) is 22.3 Å². The molecule has 0 radical (unpaired) electrons. The molecule has 0 aliphatic heterocycles. The Balaban J connectivity index is 1.69. The Bertz CT molecular complexity index is 926. The van der Waals surface area contributed by atoms with Gasteiger partial charge in [0.15, 0.2) is 0 Å². The minimum absolute atomic E-state index is 0.125. The van der Waals surface area contributed by atoms with Crippen LogP contribution in [0.5, 0.6) is 5.75 Å². The molecule has 6 heteroatoms. The molecule has 0 saturated carbocycles. The SMILES string of the molecule is Cc1cc(C)n(C[C@@H](O)COc2ccc3c(C)cc(=O)oc3c2)n1. The topological polar surface area (TPSA) is 77.5 Å². The van der Waals surface area contributed by atoms with Gasteiger partial charge in [0.2, 0.25) is 0 Å². The average molecular weight is 328 g/mol. The van der Waals surface area contributed by atoms with Crippen LogP contribution >= 0.6 is 0 Å². The molecule has 2 aromatic heterocycles. The zero-order chi connectivity index (χ0) is 17.3. The first-order valence-electron chi connectivity index (χ1n) is 7.79. The summed E-state index contributed by atoms with van der Waals surface area (Å²) in [6.45, 7) is 6.21. The third kappa shape index (κ3) is 3.49. The van der Waals surface area contributed by atoms with Gasteiger partial charge in [-0.1, -0.05) is 0 Å². The van der Waals surface area contributed by atoms with Crippen molar-refractivity contribution in [1.82, 2.24) is 9.78 Å². The van der Waals surface area contributed by atoms with Crippen molar-refractivity contribution in [2.24, 2.45) is 0 Å². The van der Waals surface area contributed by atoms with Gasteiger partial charge in [-0.3, -0.25) is 4.68 Å². The Kier molecular flexibility index (Phi) is 4.40. The van der Waals surface area contributed by atoms with Crippen molar-refractivity contribution in [3.05, 3.63) is 57.7 Å². The van der Waals surface area contributed by atoms with E-state index in [0.29, 0.717) is 17.9 Å². The number of aliphatic hydroxyl groups is 1. The van der Waals surface area contributed by atoms with Crippen LogP contribution in [0.3, 0.4) is 0 Å². The van der Waals surface area contributed by atoms with Crippen molar-refractivity contribution >= 4 is 11.0 Å². The first-order chi connectivity index (χ1) is 11.4. The second-order valence-electron chi connectivity index (χ2n) is 5.98. The summed E-state index contributed by atoms with van der Waals surface area (Å²) in [4.78, 5) is 11.5. The summed E-state index contributed by atoms with van der Waals surface area (Å²) in [6, 6.07) is 8.73. The normalized spacial score (nSPS) is 12.5. The minimum Gasteiger partial charge on any atom is -0.491 e. The molecule has 0 aliphatic rings. The van der Waals surface area contributed by atoms with Crippen LogP contribution in [0.1, 0.15) is 17.0 Å². The number of hydrogen-bond donors (Lipinski definition) is 1. The lowest BCUT2D eigenvalue weighted by molar-refractivity contribution is 0.0887. The molecule has 1 aromatic carbocycles. The van der Waals surface area contributed by atoms with Crippen LogP contribution in [0.15, 0.2) is 39.5 Å². The van der Waals surface area contributed by atoms with Crippen molar-refractivity contribution in [2.75, 3.05) is 6.61 Å². The number of ether oxygens (including phenoxy) is 1. The van der Waals surface area contributed by atoms with Crippen molar-refractivity contribution < 1.29 is 14.3 Å². The number of rotatable bonds is 5. The van der Waals surface area contributed by atoms with Gasteiger partial charge >= 0.3 is 5.63 Å². The van der Waals surface area contributed by atoms with Gasteiger partial charge in [0.25, 0.3) is 0 Å². The minimum atomic E-state index is -0.691. The highest BCUT2D eigenvalue weighted by molar-refractivity contribution is 5.81. The summed E-state index contributed by atoms with van der Waals surface area (Å²) in [5.74, 6) is 0.545. The smallest absolute Gasteiger partial charge is 0.336 e. The monoisotopic (exact) mass is 328 g/mol. The molecule has 0 spiro atoms.